The maximum atomic E-state index is 11.5. The summed E-state index contributed by atoms with van der Waals surface area (Å²) in [6.07, 6.45) is 16.5. The number of rotatable bonds is 2. The van der Waals surface area contributed by atoms with E-state index in [9.17, 15) is 4.79 Å². The summed E-state index contributed by atoms with van der Waals surface area (Å²) in [5.41, 5.74) is 3.62. The summed E-state index contributed by atoms with van der Waals surface area (Å²) >= 11 is 0. The van der Waals surface area contributed by atoms with Crippen molar-refractivity contribution in [1.29, 1.82) is 0 Å². The first-order valence-electron chi connectivity index (χ1n) is 11.7. The van der Waals surface area contributed by atoms with E-state index in [1.165, 1.54) is 44.1 Å². The largest absolute Gasteiger partial charge is 0.463 e. The van der Waals surface area contributed by atoms with Gasteiger partial charge in [0.25, 0.3) is 0 Å². The van der Waals surface area contributed by atoms with Gasteiger partial charge in [0, 0.05) is 19.3 Å². The third-order valence-electron chi connectivity index (χ3n) is 9.50. The lowest BCUT2D eigenvalue weighted by molar-refractivity contribution is -0.158. The smallest absolute Gasteiger partial charge is 0.302 e. The fourth-order valence-corrected chi connectivity index (χ4v) is 8.10. The van der Waals surface area contributed by atoms with Crippen LogP contribution in [0.25, 0.3) is 5.57 Å². The van der Waals surface area contributed by atoms with Gasteiger partial charge >= 0.3 is 5.97 Å². The molecule has 3 saturated carbocycles. The number of hydrogen-bond donors (Lipinski definition) is 0. The van der Waals surface area contributed by atoms with Crippen LogP contribution in [0.1, 0.15) is 77.7 Å². The number of carbonyl (C=O) groups is 1. The Morgan fingerprint density at radius 3 is 2.76 bits per heavy atom. The highest BCUT2D eigenvalue weighted by atomic mass is 16.5. The minimum atomic E-state index is -0.110. The molecule has 5 rings (SSSR count). The van der Waals surface area contributed by atoms with E-state index in [0.29, 0.717) is 10.8 Å². The van der Waals surface area contributed by atoms with Crippen molar-refractivity contribution >= 4 is 11.5 Å². The zero-order chi connectivity index (χ0) is 20.2. The van der Waals surface area contributed by atoms with Gasteiger partial charge in [-0.1, -0.05) is 26.0 Å². The van der Waals surface area contributed by atoms with Crippen LogP contribution < -0.4 is 0 Å². The molecule has 1 aromatic heterocycles. The van der Waals surface area contributed by atoms with Gasteiger partial charge in [0.1, 0.15) is 6.10 Å². The predicted octanol–water partition coefficient (Wildman–Crippen LogP) is 6.05. The van der Waals surface area contributed by atoms with Gasteiger partial charge in [0.2, 0.25) is 0 Å². The zero-order valence-corrected chi connectivity index (χ0v) is 18.2. The molecule has 0 radical (unpaired) electrons. The van der Waals surface area contributed by atoms with Crippen molar-refractivity contribution in [3.8, 4) is 0 Å². The van der Waals surface area contributed by atoms with Crippen LogP contribution in [0.4, 0.5) is 0 Å². The molecule has 3 nitrogen and oxygen atoms in total. The van der Waals surface area contributed by atoms with Gasteiger partial charge in [0.15, 0.2) is 0 Å². The highest BCUT2D eigenvalue weighted by Crippen LogP contribution is 2.67. The van der Waals surface area contributed by atoms with E-state index in [1.807, 2.05) is 6.20 Å². The van der Waals surface area contributed by atoms with Gasteiger partial charge in [-0.25, -0.2) is 0 Å². The van der Waals surface area contributed by atoms with Crippen molar-refractivity contribution in [1.82, 2.24) is 4.98 Å². The number of carbonyl (C=O) groups excluding carboxylic acids is 1. The third kappa shape index (κ3) is 2.99. The van der Waals surface area contributed by atoms with Crippen molar-refractivity contribution < 1.29 is 9.53 Å². The lowest BCUT2D eigenvalue weighted by atomic mass is 9.44. The van der Waals surface area contributed by atoms with Gasteiger partial charge in [-0.2, -0.15) is 0 Å². The number of pyridine rings is 1. The fourth-order valence-electron chi connectivity index (χ4n) is 8.10. The number of hydrogen-bond acceptors (Lipinski definition) is 3. The van der Waals surface area contributed by atoms with Crippen molar-refractivity contribution in [3.63, 3.8) is 0 Å². The molecule has 4 aliphatic carbocycles. The summed E-state index contributed by atoms with van der Waals surface area (Å²) < 4.78 is 5.62. The Balaban J connectivity index is 1.37. The second kappa shape index (κ2) is 6.96. The van der Waals surface area contributed by atoms with Gasteiger partial charge in [-0.3, -0.25) is 9.78 Å². The Labute approximate surface area is 175 Å². The van der Waals surface area contributed by atoms with Crippen molar-refractivity contribution in [2.45, 2.75) is 78.2 Å². The second-order valence-electron chi connectivity index (χ2n) is 10.7. The Bertz CT molecular complexity index is 817. The molecule has 4 aliphatic rings. The Kier molecular flexibility index (Phi) is 4.64. The molecule has 0 unspecified atom stereocenters. The molecule has 29 heavy (non-hydrogen) atoms. The SMILES string of the molecule is CC(=O)O[C@@H]1CC[C@@]2(C)[C@H](CC[C@@H]3[C@@H]2CC[C@]2(C)C(c4cccnc4)=CC[C@@H]32)C1. The van der Waals surface area contributed by atoms with E-state index in [0.717, 1.165) is 36.5 Å². The van der Waals surface area contributed by atoms with Gasteiger partial charge in [0.05, 0.1) is 0 Å². The minimum Gasteiger partial charge on any atom is -0.463 e. The predicted molar refractivity (Wildman–Crippen MR) is 115 cm³/mol. The van der Waals surface area contributed by atoms with Crippen molar-refractivity contribution in [3.05, 3.63) is 36.2 Å². The molecule has 0 amide bonds. The normalized spacial score (nSPS) is 43.6. The van der Waals surface area contributed by atoms with Crippen LogP contribution in [-0.4, -0.2) is 17.1 Å². The number of nitrogens with zero attached hydrogens (tertiary/aromatic N) is 1. The lowest BCUT2D eigenvalue weighted by Gasteiger charge is -2.60. The first-order chi connectivity index (χ1) is 13.9. The number of aromatic nitrogens is 1. The summed E-state index contributed by atoms with van der Waals surface area (Å²) in [5.74, 6) is 3.06. The topological polar surface area (TPSA) is 39.2 Å². The molecule has 0 N–H and O–H groups in total. The van der Waals surface area contributed by atoms with Gasteiger partial charge < -0.3 is 4.74 Å². The quantitative estimate of drug-likeness (QED) is 0.574. The Hall–Kier alpha value is -1.64. The molecule has 0 aliphatic heterocycles. The maximum Gasteiger partial charge on any atom is 0.302 e. The lowest BCUT2D eigenvalue weighted by Crippen LogP contribution is -2.53. The van der Waals surface area contributed by atoms with E-state index in [2.05, 4.69) is 43.2 Å². The average Bonchev–Trinajstić information content (AvgIpc) is 3.06. The molecular weight excluding hydrogens is 358 g/mol. The molecule has 3 fully saturated rings. The summed E-state index contributed by atoms with van der Waals surface area (Å²) in [6.45, 7) is 6.66. The number of fused-ring (bicyclic) bond motifs is 5. The van der Waals surface area contributed by atoms with Crippen LogP contribution in [0.5, 0.6) is 0 Å². The zero-order valence-electron chi connectivity index (χ0n) is 18.2. The first-order valence-corrected chi connectivity index (χ1v) is 11.7. The highest BCUT2D eigenvalue weighted by molar-refractivity contribution is 5.72. The van der Waals surface area contributed by atoms with E-state index in [4.69, 9.17) is 4.74 Å². The highest BCUT2D eigenvalue weighted by Gasteiger charge is 2.58. The van der Waals surface area contributed by atoms with Crippen LogP contribution in [0.15, 0.2) is 30.6 Å². The summed E-state index contributed by atoms with van der Waals surface area (Å²) in [5, 5.41) is 0. The molecule has 0 spiro atoms. The van der Waals surface area contributed by atoms with Crippen LogP contribution in [0.3, 0.4) is 0 Å². The van der Waals surface area contributed by atoms with Crippen LogP contribution in [0, 0.1) is 34.5 Å². The molecule has 3 heteroatoms. The molecule has 1 aromatic rings. The molecule has 0 aromatic carbocycles. The molecule has 1 heterocycles. The van der Waals surface area contributed by atoms with Gasteiger partial charge in [-0.05, 0) is 103 Å². The summed E-state index contributed by atoms with van der Waals surface area (Å²) in [6, 6.07) is 4.32. The third-order valence-corrected chi connectivity index (χ3v) is 9.50. The molecular formula is C26H35NO2. The minimum absolute atomic E-state index is 0.110. The Morgan fingerprint density at radius 1 is 1.14 bits per heavy atom. The molecule has 7 atom stereocenters. The van der Waals surface area contributed by atoms with Crippen LogP contribution in [-0.2, 0) is 9.53 Å². The standard InChI is InChI=1S/C26H35NO2/c1-17(28)29-20-10-12-25(2)19(15-20)6-7-21-23-9-8-22(18-5-4-14-27-16-18)26(23,3)13-11-24(21)25/h4-5,8,14,16,19-21,23-24H,6-7,9-13,15H2,1-3H3/t19-,20-,21+,23+,24+,25+,26-/m1/s1. The van der Waals surface area contributed by atoms with E-state index in [1.54, 1.807) is 12.5 Å². The number of esters is 1. The van der Waals surface area contributed by atoms with E-state index < -0.39 is 0 Å². The number of allylic oxidation sites excluding steroid dienone is 2. The molecule has 0 saturated heterocycles. The summed E-state index contributed by atoms with van der Waals surface area (Å²) in [7, 11) is 0. The first kappa shape index (κ1) is 19.3. The molecule has 0 bridgehead atoms. The second-order valence-corrected chi connectivity index (χ2v) is 10.7. The monoisotopic (exact) mass is 393 g/mol. The van der Waals surface area contributed by atoms with E-state index in [-0.39, 0.29) is 12.1 Å². The van der Waals surface area contributed by atoms with Crippen LogP contribution in [0.2, 0.25) is 0 Å². The number of ether oxygens (including phenoxy) is 1. The van der Waals surface area contributed by atoms with E-state index >= 15 is 0 Å². The van der Waals surface area contributed by atoms with Crippen molar-refractivity contribution in [2.75, 3.05) is 0 Å². The average molecular weight is 394 g/mol. The Morgan fingerprint density at radius 2 is 2.00 bits per heavy atom. The summed E-state index contributed by atoms with van der Waals surface area (Å²) in [4.78, 5) is 15.9. The van der Waals surface area contributed by atoms with Crippen molar-refractivity contribution in [2.24, 2.45) is 34.5 Å². The van der Waals surface area contributed by atoms with Crippen LogP contribution >= 0.6 is 0 Å². The molecule has 156 valence electrons. The van der Waals surface area contributed by atoms with Gasteiger partial charge in [-0.15, -0.1) is 0 Å². The fraction of sp³-hybridized carbons (Fsp3) is 0.692. The maximum absolute atomic E-state index is 11.5.